The summed E-state index contributed by atoms with van der Waals surface area (Å²) in [6, 6.07) is 7.42. The third-order valence-electron chi connectivity index (χ3n) is 6.24. The summed E-state index contributed by atoms with van der Waals surface area (Å²) in [6.45, 7) is 6.83. The number of amides is 1. The Morgan fingerprint density at radius 1 is 1.21 bits per heavy atom. The summed E-state index contributed by atoms with van der Waals surface area (Å²) >= 11 is 12.3. The van der Waals surface area contributed by atoms with Crippen molar-refractivity contribution in [1.29, 1.82) is 0 Å². The number of hydrogen-bond acceptors (Lipinski definition) is 4. The molecule has 0 spiro atoms. The SMILES string of the molecule is COC(=O)C1=C(C)N(CC2CCCO2)C(=O)C1=Cc1cc(C)n(-c2ccc(Cl)c(Cl)c2)c1C. The molecule has 0 saturated carbocycles. The fraction of sp³-hybridized carbons (Fsp3) is 0.360. The van der Waals surface area contributed by atoms with Crippen LogP contribution in [0.25, 0.3) is 11.8 Å². The Morgan fingerprint density at radius 2 is 1.97 bits per heavy atom. The molecular formula is C25H26Cl2N2O4. The van der Waals surface area contributed by atoms with Crippen molar-refractivity contribution in [2.75, 3.05) is 20.3 Å². The Balaban J connectivity index is 1.76. The second-order valence-electron chi connectivity index (χ2n) is 8.32. The number of hydrogen-bond donors (Lipinski definition) is 0. The molecule has 1 aromatic heterocycles. The number of halogens is 2. The van der Waals surface area contributed by atoms with Crippen LogP contribution in [0.4, 0.5) is 0 Å². The van der Waals surface area contributed by atoms with E-state index in [1.54, 1.807) is 30.0 Å². The van der Waals surface area contributed by atoms with Crippen LogP contribution in [0.1, 0.15) is 36.7 Å². The lowest BCUT2D eigenvalue weighted by Crippen LogP contribution is -2.33. The lowest BCUT2D eigenvalue weighted by molar-refractivity contribution is -0.136. The Bertz CT molecular complexity index is 1190. The van der Waals surface area contributed by atoms with Crippen molar-refractivity contribution in [3.63, 3.8) is 0 Å². The van der Waals surface area contributed by atoms with Gasteiger partial charge in [-0.05, 0) is 69.5 Å². The summed E-state index contributed by atoms with van der Waals surface area (Å²) in [5, 5.41) is 0.945. The average Bonchev–Trinajstić information content (AvgIpc) is 3.45. The first-order valence-corrected chi connectivity index (χ1v) is 11.6. The highest BCUT2D eigenvalue weighted by molar-refractivity contribution is 6.42. The number of esters is 1. The van der Waals surface area contributed by atoms with Crippen molar-refractivity contribution in [1.82, 2.24) is 9.47 Å². The van der Waals surface area contributed by atoms with E-state index >= 15 is 0 Å². The van der Waals surface area contributed by atoms with E-state index < -0.39 is 5.97 Å². The van der Waals surface area contributed by atoms with Crippen molar-refractivity contribution in [3.8, 4) is 5.69 Å². The van der Waals surface area contributed by atoms with E-state index in [1.807, 2.05) is 30.5 Å². The zero-order valence-electron chi connectivity index (χ0n) is 19.1. The topological polar surface area (TPSA) is 60.8 Å². The number of nitrogens with zero attached hydrogens (tertiary/aromatic N) is 2. The summed E-state index contributed by atoms with van der Waals surface area (Å²) in [4.78, 5) is 27.7. The van der Waals surface area contributed by atoms with Gasteiger partial charge in [-0.1, -0.05) is 23.2 Å². The summed E-state index contributed by atoms with van der Waals surface area (Å²) in [5.74, 6) is -0.747. The molecule has 0 radical (unpaired) electrons. The maximum Gasteiger partial charge on any atom is 0.340 e. The molecule has 1 amide bonds. The molecule has 174 valence electrons. The summed E-state index contributed by atoms with van der Waals surface area (Å²) in [7, 11) is 1.32. The molecule has 8 heteroatoms. The minimum absolute atomic E-state index is 0.0261. The molecule has 2 aliphatic heterocycles. The van der Waals surface area contributed by atoms with Gasteiger partial charge < -0.3 is 18.9 Å². The largest absolute Gasteiger partial charge is 0.465 e. The normalized spacial score (nSPS) is 19.8. The van der Waals surface area contributed by atoms with Crippen LogP contribution in [-0.4, -0.2) is 47.7 Å². The summed E-state index contributed by atoms with van der Waals surface area (Å²) in [5.41, 5.74) is 4.76. The molecule has 3 heterocycles. The number of carbonyl (C=O) groups is 2. The van der Waals surface area contributed by atoms with E-state index in [0.29, 0.717) is 40.0 Å². The molecule has 2 aliphatic rings. The minimum Gasteiger partial charge on any atom is -0.465 e. The second kappa shape index (κ2) is 9.37. The average molecular weight is 489 g/mol. The van der Waals surface area contributed by atoms with Crippen LogP contribution < -0.4 is 0 Å². The van der Waals surface area contributed by atoms with E-state index in [1.165, 1.54) is 7.11 Å². The molecule has 33 heavy (non-hydrogen) atoms. The van der Waals surface area contributed by atoms with E-state index in [0.717, 1.165) is 35.5 Å². The van der Waals surface area contributed by atoms with E-state index in [4.69, 9.17) is 32.7 Å². The molecule has 0 aliphatic carbocycles. The first kappa shape index (κ1) is 23.6. The van der Waals surface area contributed by atoms with Crippen LogP contribution in [0.15, 0.2) is 41.1 Å². The molecular weight excluding hydrogens is 463 g/mol. The molecule has 0 bridgehead atoms. The molecule has 1 unspecified atom stereocenters. The van der Waals surface area contributed by atoms with Gasteiger partial charge in [0.2, 0.25) is 0 Å². The van der Waals surface area contributed by atoms with Crippen LogP contribution in [0.5, 0.6) is 0 Å². The van der Waals surface area contributed by atoms with Gasteiger partial charge >= 0.3 is 5.97 Å². The van der Waals surface area contributed by atoms with Gasteiger partial charge in [-0.3, -0.25) is 4.79 Å². The Labute approximate surface area is 203 Å². The predicted molar refractivity (Wildman–Crippen MR) is 129 cm³/mol. The van der Waals surface area contributed by atoms with Crippen LogP contribution >= 0.6 is 23.2 Å². The van der Waals surface area contributed by atoms with E-state index in [9.17, 15) is 9.59 Å². The van der Waals surface area contributed by atoms with Gasteiger partial charge in [0, 0.05) is 29.4 Å². The van der Waals surface area contributed by atoms with E-state index in [-0.39, 0.29) is 12.0 Å². The fourth-order valence-corrected chi connectivity index (χ4v) is 4.84. The van der Waals surface area contributed by atoms with Gasteiger partial charge in [-0.2, -0.15) is 0 Å². The molecule has 6 nitrogen and oxygen atoms in total. The van der Waals surface area contributed by atoms with Gasteiger partial charge in [0.1, 0.15) is 0 Å². The van der Waals surface area contributed by atoms with Gasteiger partial charge in [0.15, 0.2) is 0 Å². The number of carbonyl (C=O) groups excluding carboxylic acids is 2. The number of benzene rings is 1. The number of methoxy groups -OCH3 is 1. The highest BCUT2D eigenvalue weighted by Crippen LogP contribution is 2.34. The second-order valence-corrected chi connectivity index (χ2v) is 9.14. The number of ether oxygens (including phenoxy) is 2. The maximum absolute atomic E-state index is 13.4. The smallest absolute Gasteiger partial charge is 0.340 e. The van der Waals surface area contributed by atoms with Gasteiger partial charge in [0.25, 0.3) is 5.91 Å². The van der Waals surface area contributed by atoms with Gasteiger partial charge in [-0.15, -0.1) is 0 Å². The first-order chi connectivity index (χ1) is 15.7. The molecule has 4 rings (SSSR count). The molecule has 1 aromatic carbocycles. The Hall–Kier alpha value is -2.54. The molecule has 2 aromatic rings. The third kappa shape index (κ3) is 4.35. The van der Waals surface area contributed by atoms with Crippen molar-refractivity contribution in [3.05, 3.63) is 68.1 Å². The number of aromatic nitrogens is 1. The third-order valence-corrected chi connectivity index (χ3v) is 6.98. The molecule has 1 atom stereocenters. The summed E-state index contributed by atoms with van der Waals surface area (Å²) < 4.78 is 12.8. The zero-order valence-corrected chi connectivity index (χ0v) is 20.6. The van der Waals surface area contributed by atoms with E-state index in [2.05, 4.69) is 0 Å². The lowest BCUT2D eigenvalue weighted by Gasteiger charge is -2.21. The fourth-order valence-electron chi connectivity index (χ4n) is 4.55. The zero-order chi connectivity index (χ0) is 23.9. The first-order valence-electron chi connectivity index (χ1n) is 10.8. The predicted octanol–water partition coefficient (Wildman–Crippen LogP) is 5.25. The molecule has 1 fully saturated rings. The highest BCUT2D eigenvalue weighted by atomic mass is 35.5. The van der Waals surface area contributed by atoms with Gasteiger partial charge in [-0.25, -0.2) is 4.79 Å². The highest BCUT2D eigenvalue weighted by Gasteiger charge is 2.38. The van der Waals surface area contributed by atoms with Crippen LogP contribution in [-0.2, 0) is 19.1 Å². The van der Waals surface area contributed by atoms with Crippen molar-refractivity contribution >= 4 is 41.2 Å². The number of rotatable bonds is 5. The van der Waals surface area contributed by atoms with Crippen LogP contribution in [0.2, 0.25) is 10.0 Å². The monoisotopic (exact) mass is 488 g/mol. The Morgan fingerprint density at radius 3 is 2.61 bits per heavy atom. The van der Waals surface area contributed by atoms with Crippen molar-refractivity contribution in [2.24, 2.45) is 0 Å². The molecule has 0 N–H and O–H groups in total. The standard InChI is InChI=1S/C25H26Cl2N2O4/c1-14-10-17(15(2)29(14)18-7-8-21(26)22(27)12-18)11-20-23(25(31)32-4)16(3)28(24(20)30)13-19-6-5-9-33-19/h7-8,10-12,19H,5-6,9,13H2,1-4H3. The minimum atomic E-state index is -0.528. The van der Waals surface area contributed by atoms with Crippen molar-refractivity contribution < 1.29 is 19.1 Å². The van der Waals surface area contributed by atoms with Crippen LogP contribution in [0.3, 0.4) is 0 Å². The van der Waals surface area contributed by atoms with Gasteiger partial charge in [0.05, 0.1) is 40.9 Å². The van der Waals surface area contributed by atoms with Crippen molar-refractivity contribution in [2.45, 2.75) is 39.7 Å². The number of allylic oxidation sites excluding steroid dienone is 1. The molecule has 1 saturated heterocycles. The van der Waals surface area contributed by atoms with Crippen LogP contribution in [0, 0.1) is 13.8 Å². The Kier molecular flexibility index (Phi) is 6.71. The number of aryl methyl sites for hydroxylation is 1. The maximum atomic E-state index is 13.4. The quantitative estimate of drug-likeness (QED) is 0.425. The summed E-state index contributed by atoms with van der Waals surface area (Å²) in [6.07, 6.45) is 3.61. The lowest BCUT2D eigenvalue weighted by atomic mass is 10.0.